The normalized spacial score (nSPS) is 13.7. The average Bonchev–Trinajstić information content (AvgIpc) is 3.45. The second-order valence-electron chi connectivity index (χ2n) is 6.78. The topological polar surface area (TPSA) is 79.5 Å². The third kappa shape index (κ3) is 4.75. The van der Waals surface area contributed by atoms with Crippen LogP contribution in [-0.2, 0) is 11.3 Å². The highest BCUT2D eigenvalue weighted by Gasteiger charge is 2.15. The van der Waals surface area contributed by atoms with Crippen LogP contribution in [0.1, 0.15) is 36.1 Å². The molecule has 6 nitrogen and oxygen atoms in total. The molecule has 0 fully saturated rings. The fraction of sp³-hybridized carbons (Fsp3) is 0.238. The molecule has 0 unspecified atom stereocenters. The van der Waals surface area contributed by atoms with E-state index in [4.69, 9.17) is 12.2 Å². The summed E-state index contributed by atoms with van der Waals surface area (Å²) >= 11 is 8.25. The van der Waals surface area contributed by atoms with Crippen molar-refractivity contribution in [3.05, 3.63) is 50.2 Å². The second kappa shape index (κ2) is 9.46. The van der Waals surface area contributed by atoms with Gasteiger partial charge in [0.05, 0.1) is 10.6 Å². The maximum absolute atomic E-state index is 11.9. The van der Waals surface area contributed by atoms with E-state index in [2.05, 4.69) is 15.3 Å². The van der Waals surface area contributed by atoms with Crippen molar-refractivity contribution in [1.29, 1.82) is 0 Å². The molecule has 2 N–H and O–H groups in total. The van der Waals surface area contributed by atoms with Crippen LogP contribution in [0, 0.1) is 3.95 Å². The molecule has 0 aliphatic carbocycles. The van der Waals surface area contributed by atoms with Crippen molar-refractivity contribution in [2.45, 2.75) is 32.2 Å². The number of aliphatic imine (C=N–C) groups is 1. The first-order chi connectivity index (χ1) is 14.6. The summed E-state index contributed by atoms with van der Waals surface area (Å²) in [6, 6.07) is 7.92. The van der Waals surface area contributed by atoms with Gasteiger partial charge in [-0.15, -0.1) is 22.7 Å². The van der Waals surface area contributed by atoms with E-state index in [1.165, 1.54) is 22.7 Å². The standard InChI is InChI=1S/C21H20N4O2S3/c26-18(24-20-22-9-11-29-20)8-2-1-5-10-25-19(27)17(30-21(25)28)12-14-13-23-16-7-4-3-6-15(14)16/h3-4,6-7,9,11-13,27H,1-2,5,8,10H2,(H,22,24,26)/b14-12-. The number of thiazole rings is 2. The fourth-order valence-corrected chi connectivity index (χ4v) is 5.06. The number of amides is 1. The Morgan fingerprint density at radius 2 is 2.13 bits per heavy atom. The summed E-state index contributed by atoms with van der Waals surface area (Å²) in [6.45, 7) is 0.628. The van der Waals surface area contributed by atoms with E-state index in [-0.39, 0.29) is 11.8 Å². The van der Waals surface area contributed by atoms with E-state index in [1.54, 1.807) is 10.8 Å². The SMILES string of the molecule is O=C(CCCCCn1c(O)c(/C=C2/C=Nc3ccccc32)sc1=S)Nc1nccs1. The zero-order chi connectivity index (χ0) is 20.9. The molecule has 2 aromatic heterocycles. The maximum atomic E-state index is 11.9. The summed E-state index contributed by atoms with van der Waals surface area (Å²) in [7, 11) is 0. The van der Waals surface area contributed by atoms with Crippen LogP contribution in [0.25, 0.3) is 11.6 Å². The molecule has 1 amide bonds. The van der Waals surface area contributed by atoms with Crippen LogP contribution >= 0.6 is 34.9 Å². The summed E-state index contributed by atoms with van der Waals surface area (Å²) in [4.78, 5) is 21.1. The highest BCUT2D eigenvalue weighted by molar-refractivity contribution is 7.73. The molecule has 0 saturated heterocycles. The number of benzene rings is 1. The van der Waals surface area contributed by atoms with Gasteiger partial charge in [0.2, 0.25) is 11.8 Å². The fourth-order valence-electron chi connectivity index (χ4n) is 3.20. The quantitative estimate of drug-likeness (QED) is 0.327. The van der Waals surface area contributed by atoms with Crippen LogP contribution in [-0.4, -0.2) is 26.8 Å². The number of para-hydroxylation sites is 1. The predicted molar refractivity (Wildman–Crippen MR) is 126 cm³/mol. The largest absolute Gasteiger partial charge is 0.493 e. The molecule has 0 radical (unpaired) electrons. The number of hydrogen-bond donors (Lipinski definition) is 2. The second-order valence-corrected chi connectivity index (χ2v) is 9.35. The zero-order valence-electron chi connectivity index (χ0n) is 16.1. The zero-order valence-corrected chi connectivity index (χ0v) is 18.5. The van der Waals surface area contributed by atoms with E-state index in [9.17, 15) is 9.90 Å². The molecule has 0 spiro atoms. The lowest BCUT2D eigenvalue weighted by atomic mass is 10.1. The molecule has 1 aliphatic rings. The molecule has 0 saturated carbocycles. The van der Waals surface area contributed by atoms with E-state index in [1.807, 2.05) is 41.9 Å². The summed E-state index contributed by atoms with van der Waals surface area (Å²) in [5, 5.41) is 15.9. The van der Waals surface area contributed by atoms with E-state index in [0.717, 1.165) is 41.0 Å². The van der Waals surface area contributed by atoms with Gasteiger partial charge in [-0.25, -0.2) is 4.98 Å². The Labute approximate surface area is 187 Å². The van der Waals surface area contributed by atoms with Gasteiger partial charge < -0.3 is 10.4 Å². The molecule has 3 heterocycles. The summed E-state index contributed by atoms with van der Waals surface area (Å²) in [6.07, 6.45) is 8.36. The number of nitrogens with zero attached hydrogens (tertiary/aromatic N) is 3. The molecule has 1 aromatic carbocycles. The predicted octanol–water partition coefficient (Wildman–Crippen LogP) is 5.90. The first-order valence-corrected chi connectivity index (χ1v) is 11.7. The summed E-state index contributed by atoms with van der Waals surface area (Å²) < 4.78 is 2.41. The van der Waals surface area contributed by atoms with Gasteiger partial charge in [-0.05, 0) is 37.2 Å². The number of rotatable bonds is 8. The van der Waals surface area contributed by atoms with Gasteiger partial charge in [0.1, 0.15) is 0 Å². The molecule has 4 rings (SSSR count). The van der Waals surface area contributed by atoms with E-state index in [0.29, 0.717) is 22.1 Å². The molecular formula is C21H20N4O2S3. The minimum absolute atomic E-state index is 0.0210. The minimum Gasteiger partial charge on any atom is -0.493 e. The van der Waals surface area contributed by atoms with Crippen LogP contribution in [0.4, 0.5) is 10.8 Å². The Balaban J connectivity index is 1.31. The van der Waals surface area contributed by atoms with Crippen molar-refractivity contribution in [3.63, 3.8) is 0 Å². The van der Waals surface area contributed by atoms with Crippen molar-refractivity contribution in [3.8, 4) is 5.88 Å². The van der Waals surface area contributed by atoms with Crippen molar-refractivity contribution in [2.75, 3.05) is 5.32 Å². The smallest absolute Gasteiger partial charge is 0.226 e. The van der Waals surface area contributed by atoms with Crippen molar-refractivity contribution in [2.24, 2.45) is 4.99 Å². The van der Waals surface area contributed by atoms with Crippen LogP contribution in [0.5, 0.6) is 5.88 Å². The van der Waals surface area contributed by atoms with Crippen molar-refractivity contribution in [1.82, 2.24) is 9.55 Å². The third-order valence-corrected chi connectivity index (χ3v) is 6.78. The van der Waals surface area contributed by atoms with Gasteiger partial charge >= 0.3 is 0 Å². The van der Waals surface area contributed by atoms with Gasteiger partial charge in [-0.3, -0.25) is 14.4 Å². The number of allylic oxidation sites excluding steroid dienone is 1. The van der Waals surface area contributed by atoms with Gasteiger partial charge in [-0.2, -0.15) is 0 Å². The molecule has 3 aromatic rings. The first-order valence-electron chi connectivity index (χ1n) is 9.59. The number of aromatic nitrogens is 2. The lowest BCUT2D eigenvalue weighted by Gasteiger charge is -2.05. The number of fused-ring (bicyclic) bond motifs is 1. The molecular weight excluding hydrogens is 436 g/mol. The summed E-state index contributed by atoms with van der Waals surface area (Å²) in [5.74, 6) is 0.171. The molecule has 9 heteroatoms. The third-order valence-electron chi connectivity index (χ3n) is 4.70. The van der Waals surface area contributed by atoms with Gasteiger partial charge in [0.15, 0.2) is 9.09 Å². The molecule has 1 aliphatic heterocycles. The number of nitrogens with one attached hydrogen (secondary N) is 1. The number of carbonyl (C=O) groups is 1. The minimum atomic E-state index is -0.0210. The Bertz CT molecular complexity index is 1160. The van der Waals surface area contributed by atoms with E-state index < -0.39 is 0 Å². The average molecular weight is 457 g/mol. The summed E-state index contributed by atoms with van der Waals surface area (Å²) in [5.41, 5.74) is 2.96. The van der Waals surface area contributed by atoms with Gasteiger partial charge in [0, 0.05) is 41.9 Å². The van der Waals surface area contributed by atoms with Gasteiger partial charge in [-0.1, -0.05) is 24.6 Å². The lowest BCUT2D eigenvalue weighted by Crippen LogP contribution is -2.10. The molecule has 154 valence electrons. The monoisotopic (exact) mass is 456 g/mol. The van der Waals surface area contributed by atoms with Crippen LogP contribution in [0.2, 0.25) is 0 Å². The first kappa shape index (κ1) is 20.6. The number of anilines is 1. The number of aromatic hydroxyl groups is 1. The lowest BCUT2D eigenvalue weighted by molar-refractivity contribution is -0.116. The number of hydrogen-bond acceptors (Lipinski definition) is 7. The van der Waals surface area contributed by atoms with Gasteiger partial charge in [0.25, 0.3) is 0 Å². The Morgan fingerprint density at radius 3 is 2.97 bits per heavy atom. The van der Waals surface area contributed by atoms with Crippen LogP contribution < -0.4 is 5.32 Å². The van der Waals surface area contributed by atoms with Crippen molar-refractivity contribution >= 4 is 69.5 Å². The Morgan fingerprint density at radius 1 is 1.27 bits per heavy atom. The highest BCUT2D eigenvalue weighted by atomic mass is 32.1. The van der Waals surface area contributed by atoms with Crippen LogP contribution in [0.15, 0.2) is 40.8 Å². The molecule has 0 bridgehead atoms. The number of unbranched alkanes of at least 4 members (excludes halogenated alkanes) is 2. The Hall–Kier alpha value is -2.62. The number of carbonyl (C=O) groups excluding carboxylic acids is 1. The van der Waals surface area contributed by atoms with Crippen LogP contribution in [0.3, 0.4) is 0 Å². The van der Waals surface area contributed by atoms with Crippen molar-refractivity contribution < 1.29 is 9.90 Å². The Kier molecular flexibility index (Phi) is 6.51. The highest BCUT2D eigenvalue weighted by Crippen LogP contribution is 2.35. The molecule has 0 atom stereocenters. The maximum Gasteiger partial charge on any atom is 0.226 e. The molecule has 30 heavy (non-hydrogen) atoms. The van der Waals surface area contributed by atoms with E-state index >= 15 is 0 Å².